The second kappa shape index (κ2) is 3.55. The fourth-order valence-corrected chi connectivity index (χ4v) is 3.41. The minimum absolute atomic E-state index is 0.180. The molecule has 0 spiro atoms. The van der Waals surface area contributed by atoms with Gasteiger partial charge in [0.1, 0.15) is 0 Å². The van der Waals surface area contributed by atoms with Crippen LogP contribution in [0, 0.1) is 11.3 Å². The molecule has 13 heavy (non-hydrogen) atoms. The van der Waals surface area contributed by atoms with Gasteiger partial charge in [-0.15, -0.1) is 0 Å². The zero-order valence-electron chi connectivity index (χ0n) is 7.86. The van der Waals surface area contributed by atoms with E-state index in [9.17, 15) is 8.42 Å². The van der Waals surface area contributed by atoms with Crippen molar-refractivity contribution in [3.8, 4) is 0 Å². The molecule has 1 aliphatic rings. The van der Waals surface area contributed by atoms with Gasteiger partial charge in [-0.2, -0.15) is 8.42 Å². The molecule has 3 N–H and O–H groups in total. The fraction of sp³-hybridized carbons (Fsp3) is 1.00. The fourth-order valence-electron chi connectivity index (χ4n) is 2.26. The number of hydrogen-bond donors (Lipinski definition) is 2. The number of hydrogen-bond acceptors (Lipinski definition) is 3. The summed E-state index contributed by atoms with van der Waals surface area (Å²) in [5.74, 6) is 0.339. The molecule has 0 saturated heterocycles. The molecule has 1 unspecified atom stereocenters. The van der Waals surface area contributed by atoms with E-state index in [1.54, 1.807) is 0 Å². The smallest absolute Gasteiger partial charge is 0.265 e. The van der Waals surface area contributed by atoms with Crippen molar-refractivity contribution in [1.82, 2.24) is 0 Å². The average molecular weight is 207 g/mol. The van der Waals surface area contributed by atoms with Gasteiger partial charge in [-0.3, -0.25) is 4.55 Å². The molecule has 1 aliphatic carbocycles. The minimum Gasteiger partial charge on any atom is -0.330 e. The molecule has 0 heterocycles. The molecule has 0 amide bonds. The Morgan fingerprint density at radius 2 is 2.23 bits per heavy atom. The van der Waals surface area contributed by atoms with Gasteiger partial charge in [-0.05, 0) is 30.7 Å². The Morgan fingerprint density at radius 1 is 1.62 bits per heavy atom. The molecule has 0 radical (unpaired) electrons. The van der Waals surface area contributed by atoms with E-state index >= 15 is 0 Å². The van der Waals surface area contributed by atoms with Gasteiger partial charge in [0, 0.05) is 0 Å². The summed E-state index contributed by atoms with van der Waals surface area (Å²) < 4.78 is 30.3. The molecule has 1 saturated carbocycles. The van der Waals surface area contributed by atoms with Crippen molar-refractivity contribution in [3.05, 3.63) is 0 Å². The topological polar surface area (TPSA) is 80.4 Å². The third kappa shape index (κ3) is 2.93. The lowest BCUT2D eigenvalue weighted by Crippen LogP contribution is -2.35. The Labute approximate surface area is 79.3 Å². The maximum absolute atomic E-state index is 10.8. The van der Waals surface area contributed by atoms with Crippen LogP contribution >= 0.6 is 0 Å². The van der Waals surface area contributed by atoms with Crippen LogP contribution < -0.4 is 5.73 Å². The molecular weight excluding hydrogens is 190 g/mol. The largest absolute Gasteiger partial charge is 0.330 e. The first-order valence-corrected chi connectivity index (χ1v) is 6.13. The Kier molecular flexibility index (Phi) is 2.99. The normalized spacial score (nSPS) is 35.2. The summed E-state index contributed by atoms with van der Waals surface area (Å²) in [7, 11) is -3.88. The van der Waals surface area contributed by atoms with Gasteiger partial charge in [0.25, 0.3) is 10.1 Å². The number of rotatable bonds is 3. The summed E-state index contributed by atoms with van der Waals surface area (Å²) in [5.41, 5.74) is 5.19. The van der Waals surface area contributed by atoms with Gasteiger partial charge in [-0.25, -0.2) is 0 Å². The van der Waals surface area contributed by atoms with Gasteiger partial charge >= 0.3 is 0 Å². The molecule has 1 fully saturated rings. The zero-order valence-corrected chi connectivity index (χ0v) is 8.68. The van der Waals surface area contributed by atoms with Gasteiger partial charge < -0.3 is 5.73 Å². The summed E-state index contributed by atoms with van der Waals surface area (Å²) in [4.78, 5) is 0. The third-order valence-corrected chi connectivity index (χ3v) is 3.85. The highest BCUT2D eigenvalue weighted by atomic mass is 32.2. The molecule has 5 heteroatoms. The lowest BCUT2D eigenvalue weighted by atomic mass is 9.88. The highest BCUT2D eigenvalue weighted by Crippen LogP contribution is 2.41. The molecule has 78 valence electrons. The standard InChI is InChI=1S/C8H17NO3S/c1-7-2-3-8(4-7,5-9)6-13(10,11)12/h7H,2-6,9H2,1H3,(H,10,11,12)/t7?,8-/m0/s1. The Hall–Kier alpha value is -0.130. The van der Waals surface area contributed by atoms with Crippen LogP contribution in [0.15, 0.2) is 0 Å². The highest BCUT2D eigenvalue weighted by molar-refractivity contribution is 7.85. The van der Waals surface area contributed by atoms with Gasteiger partial charge in [0.05, 0.1) is 5.75 Å². The van der Waals surface area contributed by atoms with Crippen molar-refractivity contribution >= 4 is 10.1 Å². The van der Waals surface area contributed by atoms with E-state index in [1.165, 1.54) is 0 Å². The van der Waals surface area contributed by atoms with E-state index in [1.807, 2.05) is 0 Å². The van der Waals surface area contributed by atoms with Crippen molar-refractivity contribution in [2.45, 2.75) is 26.2 Å². The summed E-state index contributed by atoms with van der Waals surface area (Å²) >= 11 is 0. The summed E-state index contributed by atoms with van der Waals surface area (Å²) in [6, 6.07) is 0. The first-order valence-electron chi connectivity index (χ1n) is 4.52. The highest BCUT2D eigenvalue weighted by Gasteiger charge is 2.39. The second-order valence-electron chi connectivity index (χ2n) is 4.28. The van der Waals surface area contributed by atoms with Crippen LogP contribution in [0.3, 0.4) is 0 Å². The molecule has 0 aliphatic heterocycles. The molecular formula is C8H17NO3S. The zero-order chi connectivity index (χ0) is 10.1. The maximum Gasteiger partial charge on any atom is 0.265 e. The average Bonchev–Trinajstić information content (AvgIpc) is 2.29. The van der Waals surface area contributed by atoms with Crippen molar-refractivity contribution in [2.24, 2.45) is 17.1 Å². The Morgan fingerprint density at radius 3 is 2.54 bits per heavy atom. The monoisotopic (exact) mass is 207 g/mol. The van der Waals surface area contributed by atoms with E-state index in [0.29, 0.717) is 12.5 Å². The van der Waals surface area contributed by atoms with Crippen molar-refractivity contribution in [2.75, 3.05) is 12.3 Å². The van der Waals surface area contributed by atoms with Crippen molar-refractivity contribution in [1.29, 1.82) is 0 Å². The van der Waals surface area contributed by atoms with Crippen molar-refractivity contribution in [3.63, 3.8) is 0 Å². The summed E-state index contributed by atoms with van der Waals surface area (Å²) in [6.45, 7) is 2.43. The predicted molar refractivity (Wildman–Crippen MR) is 50.9 cm³/mol. The van der Waals surface area contributed by atoms with Crippen LogP contribution in [0.25, 0.3) is 0 Å². The first kappa shape index (κ1) is 10.9. The molecule has 0 aromatic heterocycles. The molecule has 2 atom stereocenters. The molecule has 0 bridgehead atoms. The van der Waals surface area contributed by atoms with Gasteiger partial charge in [-0.1, -0.05) is 13.3 Å². The van der Waals surface area contributed by atoms with E-state index < -0.39 is 10.1 Å². The first-order chi connectivity index (χ1) is 5.87. The minimum atomic E-state index is -3.88. The SMILES string of the molecule is CC1CC[C@](CN)(CS(=O)(=O)O)C1. The van der Waals surface area contributed by atoms with E-state index in [4.69, 9.17) is 10.3 Å². The lowest BCUT2D eigenvalue weighted by molar-refractivity contribution is 0.327. The van der Waals surface area contributed by atoms with Crippen LogP contribution in [0.2, 0.25) is 0 Å². The summed E-state index contributed by atoms with van der Waals surface area (Å²) in [6.07, 6.45) is 2.63. The van der Waals surface area contributed by atoms with Crippen molar-refractivity contribution < 1.29 is 13.0 Å². The molecule has 0 aromatic rings. The molecule has 0 aromatic carbocycles. The van der Waals surface area contributed by atoms with E-state index in [-0.39, 0.29) is 11.2 Å². The van der Waals surface area contributed by atoms with Crippen LogP contribution in [-0.4, -0.2) is 25.3 Å². The molecule has 1 rings (SSSR count). The van der Waals surface area contributed by atoms with Crippen LogP contribution in [-0.2, 0) is 10.1 Å². The number of nitrogens with two attached hydrogens (primary N) is 1. The molecule has 4 nitrogen and oxygen atoms in total. The maximum atomic E-state index is 10.8. The third-order valence-electron chi connectivity index (χ3n) is 2.87. The second-order valence-corrected chi connectivity index (χ2v) is 5.73. The quantitative estimate of drug-likeness (QED) is 0.665. The lowest BCUT2D eigenvalue weighted by Gasteiger charge is -2.25. The predicted octanol–water partition coefficient (Wildman–Crippen LogP) is 0.639. The Bertz CT molecular complexity index is 275. The summed E-state index contributed by atoms with van der Waals surface area (Å²) in [5, 5.41) is 0. The van der Waals surface area contributed by atoms with Gasteiger partial charge in [0.15, 0.2) is 0 Å². The van der Waals surface area contributed by atoms with Gasteiger partial charge in [0.2, 0.25) is 0 Å². The van der Waals surface area contributed by atoms with E-state index in [2.05, 4.69) is 6.92 Å². The van der Waals surface area contributed by atoms with E-state index in [0.717, 1.165) is 19.3 Å². The van der Waals surface area contributed by atoms with Crippen LogP contribution in [0.4, 0.5) is 0 Å². The van der Waals surface area contributed by atoms with Crippen LogP contribution in [0.5, 0.6) is 0 Å². The Balaban J connectivity index is 2.72. The van der Waals surface area contributed by atoms with Crippen LogP contribution in [0.1, 0.15) is 26.2 Å².